The van der Waals surface area contributed by atoms with E-state index in [-0.39, 0.29) is 5.97 Å². The number of hydrogen-bond donors (Lipinski definition) is 0. The average molecular weight is 429 g/mol. The molecule has 0 heterocycles. The van der Waals surface area contributed by atoms with Crippen LogP contribution in [0.15, 0.2) is 41.3 Å². The summed E-state index contributed by atoms with van der Waals surface area (Å²) in [6.07, 6.45) is 5.98. The second-order valence-electron chi connectivity index (χ2n) is 6.33. The Hall–Kier alpha value is -2.11. The summed E-state index contributed by atoms with van der Waals surface area (Å²) in [5.74, 6) is -0.281. The molecule has 2 aromatic rings. The Balaban J connectivity index is 2.32. The highest BCUT2D eigenvalue weighted by Gasteiger charge is 2.10. The van der Waals surface area contributed by atoms with Gasteiger partial charge in [-0.1, -0.05) is 44.2 Å². The smallest absolute Gasteiger partial charge is 0.338 e. The maximum absolute atomic E-state index is 12.0. The van der Waals surface area contributed by atoms with Gasteiger partial charge in [0, 0.05) is 4.90 Å². The van der Waals surface area contributed by atoms with Crippen molar-refractivity contribution in [1.82, 2.24) is 0 Å². The van der Waals surface area contributed by atoms with Crippen molar-refractivity contribution in [2.24, 2.45) is 0 Å². The monoisotopic (exact) mass is 428 g/mol. The molecule has 0 radical (unpaired) electrons. The normalized spacial score (nSPS) is 10.9. The number of thiocarbonyl (C=S) groups is 1. The average Bonchev–Trinajstić information content (AvgIpc) is 2.73. The predicted molar refractivity (Wildman–Crippen MR) is 127 cm³/mol. The molecule has 0 aliphatic carbocycles. The number of hydrogen-bond acceptors (Lipinski definition) is 5. The minimum Gasteiger partial charge on any atom is -0.479 e. The van der Waals surface area contributed by atoms with E-state index in [9.17, 15) is 4.79 Å². The van der Waals surface area contributed by atoms with E-state index in [2.05, 4.69) is 44.2 Å². The SMILES string of the molecule is CCOC(=O)c1ccc(C=Cc2ccc(CC)cc2SC(=S)OCC)c(CC)c1. The quantitative estimate of drug-likeness (QED) is 0.206. The van der Waals surface area contributed by atoms with Crippen LogP contribution < -0.4 is 0 Å². The fourth-order valence-electron chi connectivity index (χ4n) is 2.86. The molecular weight excluding hydrogens is 400 g/mol. The molecular formula is C24H28O3S2. The molecule has 154 valence electrons. The second kappa shape index (κ2) is 11.8. The Bertz CT molecular complexity index is 888. The topological polar surface area (TPSA) is 35.5 Å². The van der Waals surface area contributed by atoms with E-state index >= 15 is 0 Å². The Morgan fingerprint density at radius 1 is 0.931 bits per heavy atom. The van der Waals surface area contributed by atoms with E-state index < -0.39 is 0 Å². The number of rotatable bonds is 8. The van der Waals surface area contributed by atoms with Gasteiger partial charge in [0.1, 0.15) is 0 Å². The fourth-order valence-corrected chi connectivity index (χ4v) is 4.07. The highest BCUT2D eigenvalue weighted by atomic mass is 32.2. The lowest BCUT2D eigenvalue weighted by atomic mass is 10.0. The predicted octanol–water partition coefficient (Wildman–Crippen LogP) is 6.57. The molecule has 2 aromatic carbocycles. The van der Waals surface area contributed by atoms with Crippen LogP contribution in [0.25, 0.3) is 12.2 Å². The van der Waals surface area contributed by atoms with Crippen LogP contribution in [0.2, 0.25) is 0 Å². The first-order chi connectivity index (χ1) is 14.0. The van der Waals surface area contributed by atoms with Gasteiger partial charge in [-0.15, -0.1) is 0 Å². The van der Waals surface area contributed by atoms with E-state index in [1.54, 1.807) is 0 Å². The molecule has 0 N–H and O–H groups in total. The molecule has 0 bridgehead atoms. The van der Waals surface area contributed by atoms with Crippen LogP contribution in [0.3, 0.4) is 0 Å². The summed E-state index contributed by atoms with van der Waals surface area (Å²) >= 11 is 6.80. The summed E-state index contributed by atoms with van der Waals surface area (Å²) in [6, 6.07) is 12.1. The first-order valence-corrected chi connectivity index (χ1v) is 11.2. The van der Waals surface area contributed by atoms with Crippen LogP contribution in [-0.4, -0.2) is 23.6 Å². The largest absolute Gasteiger partial charge is 0.479 e. The van der Waals surface area contributed by atoms with Gasteiger partial charge in [0.2, 0.25) is 4.38 Å². The summed E-state index contributed by atoms with van der Waals surface area (Å²) in [5, 5.41) is 0. The van der Waals surface area contributed by atoms with E-state index in [1.165, 1.54) is 17.3 Å². The molecule has 0 saturated carbocycles. The van der Waals surface area contributed by atoms with Crippen LogP contribution in [0, 0.1) is 0 Å². The van der Waals surface area contributed by atoms with Gasteiger partial charge in [-0.3, -0.25) is 0 Å². The van der Waals surface area contributed by atoms with Gasteiger partial charge in [0.15, 0.2) is 0 Å². The summed E-state index contributed by atoms with van der Waals surface area (Å²) in [7, 11) is 0. The number of carbonyl (C=O) groups is 1. The molecule has 0 atom stereocenters. The number of aryl methyl sites for hydroxylation is 2. The van der Waals surface area contributed by atoms with Gasteiger partial charge in [0.25, 0.3) is 0 Å². The molecule has 0 aliphatic heterocycles. The molecule has 0 unspecified atom stereocenters. The zero-order valence-electron chi connectivity index (χ0n) is 17.5. The third-order valence-corrected chi connectivity index (χ3v) is 5.64. The maximum Gasteiger partial charge on any atom is 0.338 e. The molecule has 3 nitrogen and oxygen atoms in total. The lowest BCUT2D eigenvalue weighted by Crippen LogP contribution is -2.05. The summed E-state index contributed by atoms with van der Waals surface area (Å²) in [4.78, 5) is 13.1. The summed E-state index contributed by atoms with van der Waals surface area (Å²) in [6.45, 7) is 8.91. The number of ether oxygens (including phenoxy) is 2. The van der Waals surface area contributed by atoms with Gasteiger partial charge in [-0.05, 0) is 91.1 Å². The number of thioether (sulfide) groups is 1. The van der Waals surface area contributed by atoms with Crippen molar-refractivity contribution in [2.75, 3.05) is 13.2 Å². The number of benzene rings is 2. The van der Waals surface area contributed by atoms with Crippen molar-refractivity contribution < 1.29 is 14.3 Å². The van der Waals surface area contributed by atoms with Gasteiger partial charge in [-0.2, -0.15) is 0 Å². The van der Waals surface area contributed by atoms with Crippen LogP contribution in [-0.2, 0) is 22.3 Å². The Labute approximate surface area is 183 Å². The molecule has 29 heavy (non-hydrogen) atoms. The summed E-state index contributed by atoms with van der Waals surface area (Å²) in [5.41, 5.74) is 5.13. The van der Waals surface area contributed by atoms with Crippen LogP contribution in [0.4, 0.5) is 0 Å². The van der Waals surface area contributed by atoms with Gasteiger partial charge >= 0.3 is 5.97 Å². The fraction of sp³-hybridized carbons (Fsp3) is 0.333. The van der Waals surface area contributed by atoms with E-state index in [1.807, 2.05) is 32.0 Å². The first kappa shape index (κ1) is 23.2. The molecule has 0 aliphatic rings. The highest BCUT2D eigenvalue weighted by molar-refractivity contribution is 8.22. The zero-order valence-corrected chi connectivity index (χ0v) is 19.1. The first-order valence-electron chi connectivity index (χ1n) is 9.97. The molecule has 0 spiro atoms. The van der Waals surface area contributed by atoms with Gasteiger partial charge < -0.3 is 9.47 Å². The lowest BCUT2D eigenvalue weighted by molar-refractivity contribution is 0.0526. The van der Waals surface area contributed by atoms with Crippen molar-refractivity contribution in [3.63, 3.8) is 0 Å². The molecule has 0 saturated heterocycles. The van der Waals surface area contributed by atoms with Crippen molar-refractivity contribution in [3.05, 3.63) is 64.2 Å². The minimum atomic E-state index is -0.281. The third kappa shape index (κ3) is 6.72. The van der Waals surface area contributed by atoms with Crippen LogP contribution in [0.1, 0.15) is 60.3 Å². The third-order valence-electron chi connectivity index (χ3n) is 4.42. The zero-order chi connectivity index (χ0) is 21.2. The highest BCUT2D eigenvalue weighted by Crippen LogP contribution is 2.28. The van der Waals surface area contributed by atoms with Crippen molar-refractivity contribution in [1.29, 1.82) is 0 Å². The number of esters is 1. The van der Waals surface area contributed by atoms with E-state index in [0.29, 0.717) is 23.2 Å². The second-order valence-corrected chi connectivity index (χ2v) is 7.98. The molecule has 0 amide bonds. The maximum atomic E-state index is 12.0. The molecule has 0 fully saturated rings. The van der Waals surface area contributed by atoms with Crippen LogP contribution >= 0.6 is 24.0 Å². The Morgan fingerprint density at radius 2 is 1.62 bits per heavy atom. The number of carbonyl (C=O) groups excluding carboxylic acids is 1. The Kier molecular flexibility index (Phi) is 9.42. The Morgan fingerprint density at radius 3 is 2.28 bits per heavy atom. The van der Waals surface area contributed by atoms with Crippen molar-refractivity contribution in [3.8, 4) is 0 Å². The van der Waals surface area contributed by atoms with Crippen molar-refractivity contribution in [2.45, 2.75) is 45.4 Å². The molecule has 2 rings (SSSR count). The van der Waals surface area contributed by atoms with Gasteiger partial charge in [-0.25, -0.2) is 4.79 Å². The lowest BCUT2D eigenvalue weighted by Gasteiger charge is -2.10. The van der Waals surface area contributed by atoms with E-state index in [0.717, 1.165) is 34.4 Å². The van der Waals surface area contributed by atoms with Gasteiger partial charge in [0.05, 0.1) is 18.8 Å². The van der Waals surface area contributed by atoms with Crippen LogP contribution in [0.5, 0.6) is 0 Å². The minimum absolute atomic E-state index is 0.281. The summed E-state index contributed by atoms with van der Waals surface area (Å²) < 4.78 is 11.1. The van der Waals surface area contributed by atoms with E-state index in [4.69, 9.17) is 21.7 Å². The van der Waals surface area contributed by atoms with Crippen molar-refractivity contribution >= 4 is 46.5 Å². The molecule has 0 aromatic heterocycles. The molecule has 5 heteroatoms. The standard InChI is InChI=1S/C24H28O3S2/c1-5-17-9-10-20(22(15-17)29-24(28)27-8-4)13-11-19-12-14-21(16-18(19)6-2)23(25)26-7-3/h9-16H,5-8H2,1-4H3.